The molecule has 0 fully saturated rings. The Morgan fingerprint density at radius 2 is 1.61 bits per heavy atom. The van der Waals surface area contributed by atoms with Crippen LogP contribution in [-0.2, 0) is 19.6 Å². The fraction of sp³-hybridized carbons (Fsp3) is 0.160. The van der Waals surface area contributed by atoms with E-state index in [9.17, 15) is 27.6 Å². The van der Waals surface area contributed by atoms with E-state index >= 15 is 0 Å². The standard InChI is InChI=1S/C25H24N4O8S/c1-36-22(30)16-28-25(33)21-11-10-18(15-27-21)24(32)29-38(34,35)20-9-5-6-17(14-20)23(31)26-12-13-37-19-7-3-2-4-8-19/h2-11,14-15H,12-13,16H2,1H3,(H,26,31)(H,28,33)(H,29,32). The summed E-state index contributed by atoms with van der Waals surface area (Å²) in [6.45, 7) is 0.0325. The first-order chi connectivity index (χ1) is 18.2. The summed E-state index contributed by atoms with van der Waals surface area (Å²) >= 11 is 0. The van der Waals surface area contributed by atoms with Crippen molar-refractivity contribution in [1.29, 1.82) is 0 Å². The van der Waals surface area contributed by atoms with Crippen LogP contribution in [0.4, 0.5) is 0 Å². The Bertz CT molecular complexity index is 1410. The molecule has 2 aromatic carbocycles. The molecule has 3 rings (SSSR count). The van der Waals surface area contributed by atoms with Crippen molar-refractivity contribution in [1.82, 2.24) is 20.3 Å². The molecular formula is C25H24N4O8S. The Kier molecular flexibility index (Phi) is 9.48. The van der Waals surface area contributed by atoms with Gasteiger partial charge in [-0.3, -0.25) is 24.2 Å². The van der Waals surface area contributed by atoms with Gasteiger partial charge in [0.1, 0.15) is 24.6 Å². The minimum Gasteiger partial charge on any atom is -0.492 e. The number of sulfonamides is 1. The van der Waals surface area contributed by atoms with Crippen molar-refractivity contribution in [2.24, 2.45) is 0 Å². The SMILES string of the molecule is COC(=O)CNC(=O)c1ccc(C(=O)NS(=O)(=O)c2cccc(C(=O)NCCOc3ccccc3)c2)cn1. The molecule has 3 aromatic rings. The van der Waals surface area contributed by atoms with E-state index in [1.54, 1.807) is 12.1 Å². The lowest BCUT2D eigenvalue weighted by atomic mass is 10.2. The van der Waals surface area contributed by atoms with Crippen LogP contribution >= 0.6 is 0 Å². The molecule has 0 bridgehead atoms. The maximum absolute atomic E-state index is 12.7. The number of pyridine rings is 1. The number of esters is 1. The summed E-state index contributed by atoms with van der Waals surface area (Å²) in [5, 5.41) is 4.92. The number of aromatic nitrogens is 1. The second kappa shape index (κ2) is 13.0. The largest absolute Gasteiger partial charge is 0.492 e. The smallest absolute Gasteiger partial charge is 0.325 e. The number of nitrogens with one attached hydrogen (secondary N) is 3. The number of amides is 3. The molecule has 0 saturated heterocycles. The van der Waals surface area contributed by atoms with Crippen LogP contribution in [0.5, 0.6) is 5.75 Å². The molecule has 0 aliphatic heterocycles. The maximum atomic E-state index is 12.7. The Morgan fingerprint density at radius 3 is 2.29 bits per heavy atom. The van der Waals surface area contributed by atoms with Crippen LogP contribution in [0.2, 0.25) is 0 Å². The van der Waals surface area contributed by atoms with E-state index in [-0.39, 0.29) is 41.4 Å². The molecule has 0 aliphatic rings. The number of carbonyl (C=O) groups excluding carboxylic acids is 4. The minimum absolute atomic E-state index is 0.0732. The molecule has 38 heavy (non-hydrogen) atoms. The first kappa shape index (κ1) is 27.8. The van der Waals surface area contributed by atoms with Gasteiger partial charge in [0.2, 0.25) is 0 Å². The quantitative estimate of drug-likeness (QED) is 0.236. The van der Waals surface area contributed by atoms with Crippen LogP contribution < -0.4 is 20.1 Å². The van der Waals surface area contributed by atoms with Gasteiger partial charge in [0.05, 0.1) is 24.1 Å². The molecule has 0 saturated carbocycles. The van der Waals surface area contributed by atoms with Crippen LogP contribution in [-0.4, -0.2) is 63.9 Å². The third-order valence-electron chi connectivity index (χ3n) is 4.91. The predicted molar refractivity (Wildman–Crippen MR) is 134 cm³/mol. The molecule has 1 heterocycles. The summed E-state index contributed by atoms with van der Waals surface area (Å²) in [7, 11) is -3.17. The van der Waals surface area contributed by atoms with E-state index in [0.717, 1.165) is 12.3 Å². The number of benzene rings is 2. The van der Waals surface area contributed by atoms with E-state index in [1.165, 1.54) is 37.4 Å². The van der Waals surface area contributed by atoms with Crippen molar-refractivity contribution in [2.75, 3.05) is 26.8 Å². The van der Waals surface area contributed by atoms with Gasteiger partial charge in [-0.2, -0.15) is 0 Å². The Labute approximate surface area is 218 Å². The van der Waals surface area contributed by atoms with E-state index in [2.05, 4.69) is 20.4 Å². The summed E-state index contributed by atoms with van der Waals surface area (Å²) < 4.78 is 37.3. The van der Waals surface area contributed by atoms with Crippen molar-refractivity contribution in [2.45, 2.75) is 4.90 Å². The fourth-order valence-electron chi connectivity index (χ4n) is 2.97. The summed E-state index contributed by atoms with van der Waals surface area (Å²) in [5.74, 6) is -2.20. The monoisotopic (exact) mass is 540 g/mol. The van der Waals surface area contributed by atoms with E-state index in [1.807, 2.05) is 22.9 Å². The molecule has 12 nitrogen and oxygen atoms in total. The highest BCUT2D eigenvalue weighted by molar-refractivity contribution is 7.90. The van der Waals surface area contributed by atoms with Crippen LogP contribution in [0.3, 0.4) is 0 Å². The Hall–Kier alpha value is -4.78. The van der Waals surface area contributed by atoms with Gasteiger partial charge in [0.15, 0.2) is 0 Å². The first-order valence-corrected chi connectivity index (χ1v) is 12.6. The lowest BCUT2D eigenvalue weighted by Gasteiger charge is -2.10. The van der Waals surface area contributed by atoms with Gasteiger partial charge in [0, 0.05) is 11.8 Å². The number of para-hydroxylation sites is 1. The van der Waals surface area contributed by atoms with E-state index in [0.29, 0.717) is 5.75 Å². The minimum atomic E-state index is -4.34. The zero-order valence-electron chi connectivity index (χ0n) is 20.2. The van der Waals surface area contributed by atoms with Crippen molar-refractivity contribution >= 4 is 33.7 Å². The molecule has 0 unspecified atom stereocenters. The normalized spacial score (nSPS) is 10.7. The molecule has 0 spiro atoms. The van der Waals surface area contributed by atoms with Gasteiger partial charge < -0.3 is 20.1 Å². The van der Waals surface area contributed by atoms with Crippen molar-refractivity contribution in [3.05, 3.63) is 89.7 Å². The van der Waals surface area contributed by atoms with Gasteiger partial charge in [-0.15, -0.1) is 0 Å². The highest BCUT2D eigenvalue weighted by atomic mass is 32.2. The molecule has 198 valence electrons. The van der Waals surface area contributed by atoms with E-state index in [4.69, 9.17) is 4.74 Å². The molecule has 13 heteroatoms. The summed E-state index contributed by atoms with van der Waals surface area (Å²) in [6.07, 6.45) is 1.01. The molecule has 3 amide bonds. The Morgan fingerprint density at radius 1 is 0.842 bits per heavy atom. The van der Waals surface area contributed by atoms with Gasteiger partial charge in [-0.25, -0.2) is 13.1 Å². The number of methoxy groups -OCH3 is 1. The molecule has 0 radical (unpaired) electrons. The van der Waals surface area contributed by atoms with Crippen LogP contribution in [0.25, 0.3) is 0 Å². The molecule has 0 atom stereocenters. The predicted octanol–water partition coefficient (Wildman–Crippen LogP) is 0.912. The van der Waals surface area contributed by atoms with Gasteiger partial charge >= 0.3 is 5.97 Å². The van der Waals surface area contributed by atoms with E-state index < -0.39 is 33.7 Å². The Balaban J connectivity index is 1.57. The average Bonchev–Trinajstić information content (AvgIpc) is 2.94. The lowest BCUT2D eigenvalue weighted by molar-refractivity contribution is -0.139. The molecule has 1 aromatic heterocycles. The van der Waals surface area contributed by atoms with Crippen molar-refractivity contribution in [3.8, 4) is 5.75 Å². The topological polar surface area (TPSA) is 170 Å². The number of ether oxygens (including phenoxy) is 2. The van der Waals surface area contributed by atoms with Gasteiger partial charge in [-0.1, -0.05) is 24.3 Å². The summed E-state index contributed by atoms with van der Waals surface area (Å²) in [6, 6.07) is 16.6. The second-order valence-electron chi connectivity index (χ2n) is 7.57. The zero-order chi connectivity index (χ0) is 27.5. The zero-order valence-corrected chi connectivity index (χ0v) is 21.0. The van der Waals surface area contributed by atoms with Crippen LogP contribution in [0, 0.1) is 0 Å². The van der Waals surface area contributed by atoms with Crippen LogP contribution in [0.15, 0.2) is 77.8 Å². The summed E-state index contributed by atoms with van der Waals surface area (Å²) in [4.78, 5) is 51.6. The molecule has 0 aliphatic carbocycles. The van der Waals surface area contributed by atoms with Gasteiger partial charge in [-0.05, 0) is 42.5 Å². The number of hydrogen-bond donors (Lipinski definition) is 3. The third-order valence-corrected chi connectivity index (χ3v) is 6.24. The first-order valence-electron chi connectivity index (χ1n) is 11.1. The maximum Gasteiger partial charge on any atom is 0.325 e. The molecule has 3 N–H and O–H groups in total. The highest BCUT2D eigenvalue weighted by Crippen LogP contribution is 2.13. The lowest BCUT2D eigenvalue weighted by Crippen LogP contribution is -2.32. The van der Waals surface area contributed by atoms with Crippen LogP contribution in [0.1, 0.15) is 31.2 Å². The third kappa shape index (κ3) is 7.86. The number of hydrogen-bond acceptors (Lipinski definition) is 9. The average molecular weight is 541 g/mol. The van der Waals surface area contributed by atoms with Gasteiger partial charge in [0.25, 0.3) is 27.7 Å². The molecular weight excluding hydrogens is 516 g/mol. The van der Waals surface area contributed by atoms with Crippen molar-refractivity contribution in [3.63, 3.8) is 0 Å². The second-order valence-corrected chi connectivity index (χ2v) is 9.25. The number of nitrogens with zero attached hydrogens (tertiary/aromatic N) is 1. The van der Waals surface area contributed by atoms with Crippen molar-refractivity contribution < 1.29 is 37.1 Å². The highest BCUT2D eigenvalue weighted by Gasteiger charge is 2.21. The number of carbonyl (C=O) groups is 4. The summed E-state index contributed by atoms with van der Waals surface area (Å²) in [5.41, 5.74) is -0.157. The fourth-order valence-corrected chi connectivity index (χ4v) is 3.99. The number of rotatable bonds is 11.